The minimum atomic E-state index is -0.283. The van der Waals surface area contributed by atoms with Crippen molar-refractivity contribution in [3.05, 3.63) is 51.5 Å². The number of aromatic hydroxyl groups is 1. The van der Waals surface area contributed by atoms with E-state index in [9.17, 15) is 9.90 Å². The minimum absolute atomic E-state index is 0.0617. The average Bonchev–Trinajstić information content (AvgIpc) is 2.44. The molecule has 0 heterocycles. The number of halogens is 1. The van der Waals surface area contributed by atoms with Crippen LogP contribution in [0.25, 0.3) is 0 Å². The number of anilines is 1. The van der Waals surface area contributed by atoms with E-state index >= 15 is 0 Å². The molecular weight excluding hydrogens is 334 g/mol. The zero-order chi connectivity index (χ0) is 15.6. The van der Waals surface area contributed by atoms with Crippen LogP contribution in [0.1, 0.15) is 21.5 Å². The van der Waals surface area contributed by atoms with Gasteiger partial charge in [0.2, 0.25) is 0 Å². The molecule has 0 aromatic heterocycles. The van der Waals surface area contributed by atoms with E-state index in [-0.39, 0.29) is 11.7 Å². The highest BCUT2D eigenvalue weighted by Crippen LogP contribution is 2.28. The summed E-state index contributed by atoms with van der Waals surface area (Å²) in [7, 11) is 1.46. The lowest BCUT2D eigenvalue weighted by Crippen LogP contribution is -2.12. The van der Waals surface area contributed by atoms with Crippen LogP contribution >= 0.6 is 15.9 Å². The summed E-state index contributed by atoms with van der Waals surface area (Å²) in [6.45, 7) is 3.93. The van der Waals surface area contributed by atoms with Crippen LogP contribution < -0.4 is 10.1 Å². The highest BCUT2D eigenvalue weighted by Gasteiger charge is 2.11. The first kappa shape index (κ1) is 15.4. The molecule has 2 rings (SSSR count). The molecule has 4 nitrogen and oxygen atoms in total. The van der Waals surface area contributed by atoms with Crippen LogP contribution in [0.2, 0.25) is 0 Å². The van der Waals surface area contributed by atoms with Crippen molar-refractivity contribution in [1.29, 1.82) is 0 Å². The molecule has 5 heteroatoms. The van der Waals surface area contributed by atoms with Gasteiger partial charge in [0, 0.05) is 15.7 Å². The summed E-state index contributed by atoms with van der Waals surface area (Å²) < 4.78 is 5.99. The number of aryl methyl sites for hydroxylation is 2. The zero-order valence-corrected chi connectivity index (χ0v) is 13.6. The SMILES string of the molecule is COc1ccc(C(=O)Nc2cc(C)c(Br)c(C)c2)cc1O. The molecule has 0 spiro atoms. The Hall–Kier alpha value is -2.01. The summed E-state index contributed by atoms with van der Waals surface area (Å²) >= 11 is 3.49. The Morgan fingerprint density at radius 3 is 2.33 bits per heavy atom. The Kier molecular flexibility index (Phi) is 4.53. The van der Waals surface area contributed by atoms with Crippen molar-refractivity contribution in [2.24, 2.45) is 0 Å². The van der Waals surface area contributed by atoms with Crippen LogP contribution in [-0.4, -0.2) is 18.1 Å². The molecule has 110 valence electrons. The first-order valence-electron chi connectivity index (χ1n) is 6.37. The van der Waals surface area contributed by atoms with Crippen LogP contribution in [0, 0.1) is 13.8 Å². The molecule has 0 fully saturated rings. The van der Waals surface area contributed by atoms with Gasteiger partial charge in [-0.1, -0.05) is 15.9 Å². The quantitative estimate of drug-likeness (QED) is 0.879. The molecule has 1 amide bonds. The van der Waals surface area contributed by atoms with Crippen molar-refractivity contribution >= 4 is 27.5 Å². The van der Waals surface area contributed by atoms with Gasteiger partial charge in [-0.15, -0.1) is 0 Å². The van der Waals surface area contributed by atoms with Crippen LogP contribution in [0.5, 0.6) is 11.5 Å². The van der Waals surface area contributed by atoms with E-state index in [4.69, 9.17) is 4.74 Å². The maximum atomic E-state index is 12.2. The second kappa shape index (κ2) is 6.18. The molecule has 0 unspecified atom stereocenters. The number of phenols is 1. The summed E-state index contributed by atoms with van der Waals surface area (Å²) in [6.07, 6.45) is 0. The number of rotatable bonds is 3. The lowest BCUT2D eigenvalue weighted by atomic mass is 10.1. The molecule has 0 atom stereocenters. The second-order valence-electron chi connectivity index (χ2n) is 4.76. The maximum Gasteiger partial charge on any atom is 0.255 e. The van der Waals surface area contributed by atoms with Crippen molar-refractivity contribution in [3.8, 4) is 11.5 Å². The molecule has 2 aromatic carbocycles. The summed E-state index contributed by atoms with van der Waals surface area (Å²) in [5.74, 6) is -0.00993. The Bertz CT molecular complexity index is 675. The van der Waals surface area contributed by atoms with Gasteiger partial charge in [0.05, 0.1) is 7.11 Å². The van der Waals surface area contributed by atoms with Gasteiger partial charge < -0.3 is 15.2 Å². The summed E-state index contributed by atoms with van der Waals surface area (Å²) in [6, 6.07) is 8.32. The third-order valence-corrected chi connectivity index (χ3v) is 4.39. The Morgan fingerprint density at radius 1 is 1.19 bits per heavy atom. The molecule has 2 aromatic rings. The molecule has 0 saturated heterocycles. The number of nitrogens with one attached hydrogen (secondary N) is 1. The average molecular weight is 350 g/mol. The molecule has 21 heavy (non-hydrogen) atoms. The number of ether oxygens (including phenoxy) is 1. The smallest absolute Gasteiger partial charge is 0.255 e. The third kappa shape index (κ3) is 3.36. The van der Waals surface area contributed by atoms with E-state index < -0.39 is 0 Å². The second-order valence-corrected chi connectivity index (χ2v) is 5.56. The fourth-order valence-corrected chi connectivity index (χ4v) is 2.28. The molecule has 0 bridgehead atoms. The van der Waals surface area contributed by atoms with Crippen LogP contribution in [0.3, 0.4) is 0 Å². The number of amides is 1. The number of hydrogen-bond acceptors (Lipinski definition) is 3. The molecule has 0 aliphatic carbocycles. The Labute approximate surface area is 131 Å². The first-order valence-corrected chi connectivity index (χ1v) is 7.16. The molecule has 0 saturated carbocycles. The van der Waals surface area contributed by atoms with Crippen molar-refractivity contribution < 1.29 is 14.6 Å². The standard InChI is InChI=1S/C16H16BrNO3/c1-9-6-12(7-10(2)15(9)17)18-16(20)11-4-5-14(21-3)13(19)8-11/h4-8,19H,1-3H3,(H,18,20). The van der Waals surface area contributed by atoms with Gasteiger partial charge in [-0.05, 0) is 55.3 Å². The Balaban J connectivity index is 2.24. The molecule has 0 aliphatic rings. The largest absolute Gasteiger partial charge is 0.504 e. The maximum absolute atomic E-state index is 12.2. The van der Waals surface area contributed by atoms with Crippen LogP contribution in [-0.2, 0) is 0 Å². The van der Waals surface area contributed by atoms with Crippen LogP contribution in [0.15, 0.2) is 34.8 Å². The van der Waals surface area contributed by atoms with Gasteiger partial charge in [0.25, 0.3) is 5.91 Å². The van der Waals surface area contributed by atoms with Crippen molar-refractivity contribution in [2.75, 3.05) is 12.4 Å². The van der Waals surface area contributed by atoms with Gasteiger partial charge in [-0.25, -0.2) is 0 Å². The van der Waals surface area contributed by atoms with Gasteiger partial charge in [-0.2, -0.15) is 0 Å². The summed E-state index contributed by atoms with van der Waals surface area (Å²) in [4.78, 5) is 12.2. The number of carbonyl (C=O) groups excluding carboxylic acids is 1. The van der Waals surface area contributed by atoms with Crippen molar-refractivity contribution in [3.63, 3.8) is 0 Å². The third-order valence-electron chi connectivity index (χ3n) is 3.14. The van der Waals surface area contributed by atoms with E-state index in [2.05, 4.69) is 21.2 Å². The van der Waals surface area contributed by atoms with Gasteiger partial charge >= 0.3 is 0 Å². The van der Waals surface area contributed by atoms with Crippen molar-refractivity contribution in [2.45, 2.75) is 13.8 Å². The molecular formula is C16H16BrNO3. The highest BCUT2D eigenvalue weighted by atomic mass is 79.9. The van der Waals surface area contributed by atoms with E-state index in [1.807, 2.05) is 26.0 Å². The summed E-state index contributed by atoms with van der Waals surface area (Å²) in [5.41, 5.74) is 3.17. The van der Waals surface area contributed by atoms with Crippen LogP contribution in [0.4, 0.5) is 5.69 Å². The minimum Gasteiger partial charge on any atom is -0.504 e. The van der Waals surface area contributed by atoms with E-state index in [1.165, 1.54) is 13.2 Å². The number of benzene rings is 2. The lowest BCUT2D eigenvalue weighted by molar-refractivity contribution is 0.102. The van der Waals surface area contributed by atoms with Gasteiger partial charge in [-0.3, -0.25) is 4.79 Å². The molecule has 0 radical (unpaired) electrons. The van der Waals surface area contributed by atoms with Gasteiger partial charge in [0.1, 0.15) is 0 Å². The number of methoxy groups -OCH3 is 1. The molecule has 0 aliphatic heterocycles. The number of carbonyl (C=O) groups is 1. The number of phenolic OH excluding ortho intramolecular Hbond substituents is 1. The topological polar surface area (TPSA) is 58.6 Å². The predicted molar refractivity (Wildman–Crippen MR) is 86.2 cm³/mol. The monoisotopic (exact) mass is 349 g/mol. The highest BCUT2D eigenvalue weighted by molar-refractivity contribution is 9.10. The lowest BCUT2D eigenvalue weighted by Gasteiger charge is -2.10. The van der Waals surface area contributed by atoms with Crippen molar-refractivity contribution in [1.82, 2.24) is 0 Å². The van der Waals surface area contributed by atoms with Gasteiger partial charge in [0.15, 0.2) is 11.5 Å². The first-order chi connectivity index (χ1) is 9.92. The fourth-order valence-electron chi connectivity index (χ4n) is 2.05. The normalized spacial score (nSPS) is 10.3. The molecule has 2 N–H and O–H groups in total. The fraction of sp³-hybridized carbons (Fsp3) is 0.188. The Morgan fingerprint density at radius 2 is 1.81 bits per heavy atom. The predicted octanol–water partition coefficient (Wildman–Crippen LogP) is 4.03. The van der Waals surface area contributed by atoms with E-state index in [0.717, 1.165) is 15.6 Å². The summed E-state index contributed by atoms with van der Waals surface area (Å²) in [5, 5.41) is 12.5. The zero-order valence-electron chi connectivity index (χ0n) is 12.0. The van der Waals surface area contributed by atoms with E-state index in [0.29, 0.717) is 17.0 Å². The van der Waals surface area contributed by atoms with E-state index in [1.54, 1.807) is 12.1 Å². The number of hydrogen-bond donors (Lipinski definition) is 2.